The SMILES string of the molecule is COc1ccc(C[C@H](NC(=O)c2ccc(F)cc2)C(=O)O)cc1Cl. The fourth-order valence-corrected chi connectivity index (χ4v) is 2.40. The number of aliphatic carboxylic acids is 1. The Bertz CT molecular complexity index is 749. The summed E-state index contributed by atoms with van der Waals surface area (Å²) in [6.45, 7) is 0. The predicted octanol–water partition coefficient (Wildman–Crippen LogP) is 2.91. The van der Waals surface area contributed by atoms with Gasteiger partial charge in [0.1, 0.15) is 17.6 Å². The normalized spacial score (nSPS) is 11.6. The second-order valence-corrected chi connectivity index (χ2v) is 5.45. The van der Waals surface area contributed by atoms with Gasteiger partial charge in [-0.15, -0.1) is 0 Å². The summed E-state index contributed by atoms with van der Waals surface area (Å²) >= 11 is 6.01. The zero-order valence-corrected chi connectivity index (χ0v) is 13.5. The van der Waals surface area contributed by atoms with Gasteiger partial charge < -0.3 is 15.2 Å². The minimum atomic E-state index is -1.18. The van der Waals surface area contributed by atoms with Gasteiger partial charge in [-0.25, -0.2) is 9.18 Å². The van der Waals surface area contributed by atoms with Gasteiger partial charge in [-0.3, -0.25) is 4.79 Å². The van der Waals surface area contributed by atoms with E-state index in [0.29, 0.717) is 16.3 Å². The van der Waals surface area contributed by atoms with Crippen molar-refractivity contribution in [3.8, 4) is 5.75 Å². The van der Waals surface area contributed by atoms with Crippen molar-refractivity contribution in [2.24, 2.45) is 0 Å². The van der Waals surface area contributed by atoms with E-state index in [1.54, 1.807) is 18.2 Å². The average Bonchev–Trinajstić information content (AvgIpc) is 2.54. The second kappa shape index (κ2) is 7.79. The van der Waals surface area contributed by atoms with Crippen molar-refractivity contribution in [1.82, 2.24) is 5.32 Å². The number of hydrogen-bond acceptors (Lipinski definition) is 3. The molecule has 2 N–H and O–H groups in total. The van der Waals surface area contributed by atoms with Gasteiger partial charge >= 0.3 is 5.97 Å². The third-order valence-electron chi connectivity index (χ3n) is 3.37. The Morgan fingerprint density at radius 1 is 1.25 bits per heavy atom. The number of halogens is 2. The van der Waals surface area contributed by atoms with E-state index in [9.17, 15) is 19.1 Å². The summed E-state index contributed by atoms with van der Waals surface area (Å²) in [6, 6.07) is 8.57. The van der Waals surface area contributed by atoms with Gasteiger partial charge in [0.2, 0.25) is 0 Å². The standard InChI is InChI=1S/C17H15ClFNO4/c1-24-15-7-2-10(8-13(15)18)9-14(17(22)23)20-16(21)11-3-5-12(19)6-4-11/h2-8,14H,9H2,1H3,(H,20,21)(H,22,23)/t14-/m0/s1. The molecule has 0 aliphatic rings. The molecule has 2 aromatic rings. The minimum Gasteiger partial charge on any atom is -0.495 e. The van der Waals surface area contributed by atoms with Gasteiger partial charge in [0.25, 0.3) is 5.91 Å². The van der Waals surface area contributed by atoms with Gasteiger partial charge in [-0.05, 0) is 42.0 Å². The number of carbonyl (C=O) groups excluding carboxylic acids is 1. The third kappa shape index (κ3) is 4.45. The molecule has 0 saturated carbocycles. The number of methoxy groups -OCH3 is 1. The summed E-state index contributed by atoms with van der Waals surface area (Å²) in [5.74, 6) is -1.78. The number of nitrogens with one attached hydrogen (secondary N) is 1. The zero-order valence-electron chi connectivity index (χ0n) is 12.8. The smallest absolute Gasteiger partial charge is 0.326 e. The van der Waals surface area contributed by atoms with Crippen molar-refractivity contribution < 1.29 is 23.8 Å². The van der Waals surface area contributed by atoms with E-state index in [-0.39, 0.29) is 12.0 Å². The lowest BCUT2D eigenvalue weighted by Crippen LogP contribution is -2.42. The van der Waals surface area contributed by atoms with Crippen LogP contribution in [0.25, 0.3) is 0 Å². The lowest BCUT2D eigenvalue weighted by molar-refractivity contribution is -0.139. The van der Waals surface area contributed by atoms with Crippen molar-refractivity contribution in [2.75, 3.05) is 7.11 Å². The molecule has 5 nitrogen and oxygen atoms in total. The van der Waals surface area contributed by atoms with Crippen molar-refractivity contribution in [3.63, 3.8) is 0 Å². The van der Waals surface area contributed by atoms with E-state index in [0.717, 1.165) is 12.1 Å². The molecule has 7 heteroatoms. The molecule has 126 valence electrons. The molecule has 24 heavy (non-hydrogen) atoms. The number of amides is 1. The van der Waals surface area contributed by atoms with Crippen LogP contribution in [0, 0.1) is 5.82 Å². The summed E-state index contributed by atoms with van der Waals surface area (Å²) in [5, 5.41) is 12.1. The van der Waals surface area contributed by atoms with E-state index in [4.69, 9.17) is 16.3 Å². The molecule has 0 radical (unpaired) electrons. The minimum absolute atomic E-state index is 0.0476. The van der Waals surface area contributed by atoms with Crippen LogP contribution in [-0.4, -0.2) is 30.1 Å². The Balaban J connectivity index is 2.12. The van der Waals surface area contributed by atoms with E-state index in [1.807, 2.05) is 0 Å². The zero-order chi connectivity index (χ0) is 17.7. The number of carboxylic acids is 1. The molecule has 2 rings (SSSR count). The highest BCUT2D eigenvalue weighted by Gasteiger charge is 2.21. The molecule has 0 spiro atoms. The Labute approximate surface area is 143 Å². The average molecular weight is 352 g/mol. The molecule has 0 saturated heterocycles. The van der Waals surface area contributed by atoms with Crippen LogP contribution in [0.3, 0.4) is 0 Å². The van der Waals surface area contributed by atoms with Crippen LogP contribution in [0.2, 0.25) is 5.02 Å². The molecule has 2 aromatic carbocycles. The highest BCUT2D eigenvalue weighted by Crippen LogP contribution is 2.25. The molecule has 0 aromatic heterocycles. The molecule has 0 aliphatic carbocycles. The summed E-state index contributed by atoms with van der Waals surface area (Å²) in [4.78, 5) is 23.5. The largest absolute Gasteiger partial charge is 0.495 e. The molecule has 1 atom stereocenters. The molecule has 0 heterocycles. The van der Waals surface area contributed by atoms with Crippen molar-refractivity contribution in [3.05, 3.63) is 64.4 Å². The van der Waals surface area contributed by atoms with Crippen LogP contribution in [0.4, 0.5) is 4.39 Å². The maximum Gasteiger partial charge on any atom is 0.326 e. The van der Waals surface area contributed by atoms with Crippen LogP contribution in [0.1, 0.15) is 15.9 Å². The van der Waals surface area contributed by atoms with Crippen molar-refractivity contribution in [2.45, 2.75) is 12.5 Å². The lowest BCUT2D eigenvalue weighted by Gasteiger charge is -2.15. The Kier molecular flexibility index (Phi) is 5.76. The van der Waals surface area contributed by atoms with Crippen LogP contribution >= 0.6 is 11.6 Å². The second-order valence-electron chi connectivity index (χ2n) is 5.04. The molecular weight excluding hydrogens is 337 g/mol. The van der Waals surface area contributed by atoms with Crippen LogP contribution in [0.5, 0.6) is 5.75 Å². The van der Waals surface area contributed by atoms with E-state index in [1.165, 1.54) is 19.2 Å². The molecular formula is C17H15ClFNO4. The Morgan fingerprint density at radius 3 is 2.46 bits per heavy atom. The first kappa shape index (κ1) is 17.7. The summed E-state index contributed by atoms with van der Waals surface area (Å²) in [6.07, 6.45) is 0.0476. The lowest BCUT2D eigenvalue weighted by atomic mass is 10.1. The van der Waals surface area contributed by atoms with Gasteiger partial charge in [0, 0.05) is 12.0 Å². The Hall–Kier alpha value is -2.60. The van der Waals surface area contributed by atoms with E-state index in [2.05, 4.69) is 5.32 Å². The third-order valence-corrected chi connectivity index (χ3v) is 3.66. The first-order valence-corrected chi connectivity index (χ1v) is 7.40. The molecule has 0 fully saturated rings. The van der Waals surface area contributed by atoms with Crippen molar-refractivity contribution in [1.29, 1.82) is 0 Å². The monoisotopic (exact) mass is 351 g/mol. The van der Waals surface area contributed by atoms with E-state index < -0.39 is 23.7 Å². The number of ether oxygens (including phenoxy) is 1. The highest BCUT2D eigenvalue weighted by molar-refractivity contribution is 6.32. The number of rotatable bonds is 6. The van der Waals surface area contributed by atoms with Crippen molar-refractivity contribution >= 4 is 23.5 Å². The van der Waals surface area contributed by atoms with Crippen LogP contribution in [0.15, 0.2) is 42.5 Å². The fourth-order valence-electron chi connectivity index (χ4n) is 2.12. The van der Waals surface area contributed by atoms with Crippen LogP contribution < -0.4 is 10.1 Å². The molecule has 0 bridgehead atoms. The fraction of sp³-hybridized carbons (Fsp3) is 0.176. The number of carboxylic acid groups (broad SMARTS) is 1. The predicted molar refractivity (Wildman–Crippen MR) is 87.0 cm³/mol. The highest BCUT2D eigenvalue weighted by atomic mass is 35.5. The number of hydrogen-bond donors (Lipinski definition) is 2. The number of benzene rings is 2. The first-order valence-electron chi connectivity index (χ1n) is 7.02. The summed E-state index contributed by atoms with van der Waals surface area (Å²) in [5.41, 5.74) is 0.808. The van der Waals surface area contributed by atoms with Gasteiger partial charge in [0.15, 0.2) is 0 Å². The molecule has 0 unspecified atom stereocenters. The quantitative estimate of drug-likeness (QED) is 0.839. The van der Waals surface area contributed by atoms with Crippen LogP contribution in [-0.2, 0) is 11.2 Å². The molecule has 0 aliphatic heterocycles. The van der Waals surface area contributed by atoms with Gasteiger partial charge in [-0.1, -0.05) is 17.7 Å². The maximum atomic E-state index is 12.9. The summed E-state index contributed by atoms with van der Waals surface area (Å²) < 4.78 is 17.9. The first-order chi connectivity index (χ1) is 11.4. The van der Waals surface area contributed by atoms with E-state index >= 15 is 0 Å². The summed E-state index contributed by atoms with van der Waals surface area (Å²) in [7, 11) is 1.48. The van der Waals surface area contributed by atoms with Gasteiger partial charge in [-0.2, -0.15) is 0 Å². The molecule has 1 amide bonds. The number of carbonyl (C=O) groups is 2. The topological polar surface area (TPSA) is 75.6 Å². The maximum absolute atomic E-state index is 12.9. The Morgan fingerprint density at radius 2 is 1.92 bits per heavy atom. The van der Waals surface area contributed by atoms with Gasteiger partial charge in [0.05, 0.1) is 12.1 Å².